The molecule has 1 aliphatic rings. The fraction of sp³-hybridized carbons (Fsp3) is 0.300. The van der Waals surface area contributed by atoms with Gasteiger partial charge in [0.25, 0.3) is 16.5 Å². The first-order valence-electron chi connectivity index (χ1n) is 9.45. The predicted molar refractivity (Wildman–Crippen MR) is 116 cm³/mol. The molecular formula is C20H24N4O6S. The summed E-state index contributed by atoms with van der Waals surface area (Å²) in [6, 6.07) is 8.23. The Labute approximate surface area is 180 Å². The number of fused-ring (bicyclic) bond motifs is 1. The first-order chi connectivity index (χ1) is 15.0. The lowest BCUT2D eigenvalue weighted by Gasteiger charge is -2.28. The minimum absolute atomic E-state index is 0.0435. The average molecular weight is 449 g/mol. The number of nitrogens with one attached hydrogen (secondary N) is 1. The lowest BCUT2D eigenvalue weighted by Crippen LogP contribution is -2.43. The van der Waals surface area contributed by atoms with Gasteiger partial charge in [0.2, 0.25) is 0 Å². The Bertz CT molecular complexity index is 1160. The molecule has 0 radical (unpaired) electrons. The van der Waals surface area contributed by atoms with Crippen LogP contribution in [0.5, 0.6) is 11.5 Å². The highest BCUT2D eigenvalue weighted by Gasteiger charge is 2.27. The van der Waals surface area contributed by atoms with Crippen LogP contribution in [0.4, 0.5) is 5.69 Å². The Morgan fingerprint density at radius 3 is 2.52 bits per heavy atom. The van der Waals surface area contributed by atoms with E-state index < -0.39 is 10.0 Å². The van der Waals surface area contributed by atoms with Crippen LogP contribution in [-0.4, -0.2) is 69.4 Å². The molecule has 2 aromatic heterocycles. The van der Waals surface area contributed by atoms with E-state index in [4.69, 9.17) is 19.4 Å². The van der Waals surface area contributed by atoms with Gasteiger partial charge < -0.3 is 24.8 Å². The number of rotatable bonds is 5. The van der Waals surface area contributed by atoms with E-state index in [0.29, 0.717) is 16.8 Å². The molecule has 0 unspecified atom stereocenters. The van der Waals surface area contributed by atoms with Gasteiger partial charge in [-0.05, 0) is 24.3 Å². The van der Waals surface area contributed by atoms with Crippen molar-refractivity contribution in [2.24, 2.45) is 0 Å². The van der Waals surface area contributed by atoms with Crippen LogP contribution >= 0.6 is 0 Å². The van der Waals surface area contributed by atoms with Gasteiger partial charge in [0.1, 0.15) is 21.9 Å². The normalized spacial score (nSPS) is 13.9. The monoisotopic (exact) mass is 448 g/mol. The molecule has 0 spiro atoms. The third-order valence-electron chi connectivity index (χ3n) is 4.87. The molecule has 1 aromatic carbocycles. The molecule has 11 heteroatoms. The fourth-order valence-electron chi connectivity index (χ4n) is 3.44. The van der Waals surface area contributed by atoms with Crippen LogP contribution in [0.1, 0.15) is 0 Å². The van der Waals surface area contributed by atoms with E-state index in [9.17, 15) is 8.42 Å². The summed E-state index contributed by atoms with van der Waals surface area (Å²) in [6.07, 6.45) is 3.33. The molecule has 0 saturated carbocycles. The van der Waals surface area contributed by atoms with Gasteiger partial charge in [-0.3, -0.25) is 9.78 Å². The summed E-state index contributed by atoms with van der Waals surface area (Å²) in [7, 11) is -0.987. The average Bonchev–Trinajstić information content (AvgIpc) is 3.20. The Kier molecular flexibility index (Phi) is 6.98. The second-order valence-electron chi connectivity index (χ2n) is 6.55. The van der Waals surface area contributed by atoms with E-state index >= 15 is 0 Å². The lowest BCUT2D eigenvalue weighted by atomic mass is 10.3. The van der Waals surface area contributed by atoms with Crippen LogP contribution in [0.15, 0.2) is 47.6 Å². The van der Waals surface area contributed by atoms with E-state index in [-0.39, 0.29) is 17.1 Å². The van der Waals surface area contributed by atoms with E-state index in [1.165, 1.54) is 24.3 Å². The van der Waals surface area contributed by atoms with Crippen molar-refractivity contribution in [2.45, 2.75) is 4.90 Å². The second-order valence-corrected chi connectivity index (χ2v) is 8.33. The summed E-state index contributed by atoms with van der Waals surface area (Å²) >= 11 is 0. The molecule has 0 aliphatic carbocycles. The summed E-state index contributed by atoms with van der Waals surface area (Å²) < 4.78 is 38.9. The van der Waals surface area contributed by atoms with E-state index in [0.717, 1.165) is 31.9 Å². The lowest BCUT2D eigenvalue weighted by molar-refractivity contribution is -0.122. The van der Waals surface area contributed by atoms with Crippen molar-refractivity contribution in [2.75, 3.05) is 45.3 Å². The van der Waals surface area contributed by atoms with Gasteiger partial charge >= 0.3 is 0 Å². The summed E-state index contributed by atoms with van der Waals surface area (Å²) in [5.41, 5.74) is 2.00. The Balaban J connectivity index is 0.000000858. The van der Waals surface area contributed by atoms with Gasteiger partial charge in [-0.1, -0.05) is 0 Å². The van der Waals surface area contributed by atoms with Gasteiger partial charge in [-0.25, -0.2) is 12.4 Å². The predicted octanol–water partition coefficient (Wildman–Crippen LogP) is 1.40. The maximum atomic E-state index is 13.6. The summed E-state index contributed by atoms with van der Waals surface area (Å²) in [4.78, 5) is 15.0. The largest absolute Gasteiger partial charge is 0.497 e. The Morgan fingerprint density at radius 1 is 1.16 bits per heavy atom. The molecule has 166 valence electrons. The van der Waals surface area contributed by atoms with Crippen LogP contribution in [0, 0.1) is 0 Å². The number of hydrogen-bond donors (Lipinski definition) is 2. The van der Waals surface area contributed by atoms with Crippen LogP contribution in [0.2, 0.25) is 0 Å². The van der Waals surface area contributed by atoms with Gasteiger partial charge in [-0.2, -0.15) is 0 Å². The zero-order chi connectivity index (χ0) is 22.4. The number of methoxy groups -OCH3 is 2. The molecular weight excluding hydrogens is 424 g/mol. The van der Waals surface area contributed by atoms with E-state index in [1.54, 1.807) is 36.7 Å². The van der Waals surface area contributed by atoms with E-state index in [1.807, 2.05) is 0 Å². The number of carbonyl (C=O) groups is 1. The summed E-state index contributed by atoms with van der Waals surface area (Å²) in [6.45, 7) is 3.02. The quantitative estimate of drug-likeness (QED) is 0.558. The smallest absolute Gasteiger partial charge is 0.290 e. The second kappa shape index (κ2) is 9.67. The number of piperazine rings is 1. The number of nitrogens with zero attached hydrogens (tertiary/aromatic N) is 3. The molecule has 0 bridgehead atoms. The van der Waals surface area contributed by atoms with Crippen LogP contribution in [0.3, 0.4) is 0 Å². The van der Waals surface area contributed by atoms with Gasteiger partial charge in [-0.15, -0.1) is 0 Å². The minimum Gasteiger partial charge on any atom is -0.497 e. The first-order valence-corrected chi connectivity index (χ1v) is 10.9. The molecule has 31 heavy (non-hydrogen) atoms. The van der Waals surface area contributed by atoms with Crippen molar-refractivity contribution in [3.05, 3.63) is 42.7 Å². The van der Waals surface area contributed by atoms with Gasteiger partial charge in [0.05, 0.1) is 25.4 Å². The van der Waals surface area contributed by atoms with Crippen molar-refractivity contribution >= 4 is 33.2 Å². The van der Waals surface area contributed by atoms with E-state index in [2.05, 4.69) is 15.2 Å². The number of benzene rings is 1. The summed E-state index contributed by atoms with van der Waals surface area (Å²) in [5.74, 6) is 0.701. The standard InChI is InChI=1S/C19H22N4O4S.CH2O2/c1-26-14-5-6-17(27-2)18(12-14)28(24,25)23-13-16(22-10-8-20-9-11-22)19-15(23)4-3-7-21-19;2-1-3/h3-7,12-13,20H,8-11H2,1-2H3;1H,(H,2,3). The molecule has 10 nitrogen and oxygen atoms in total. The number of aromatic nitrogens is 2. The van der Waals surface area contributed by atoms with Crippen LogP contribution in [0.25, 0.3) is 11.0 Å². The van der Waals surface area contributed by atoms with Crippen molar-refractivity contribution in [1.29, 1.82) is 0 Å². The molecule has 4 rings (SSSR count). The molecule has 1 fully saturated rings. The number of carboxylic acid groups (broad SMARTS) is 1. The molecule has 1 saturated heterocycles. The highest BCUT2D eigenvalue weighted by atomic mass is 32.2. The fourth-order valence-corrected chi connectivity index (χ4v) is 4.97. The van der Waals surface area contributed by atoms with Crippen molar-refractivity contribution in [3.8, 4) is 11.5 Å². The number of anilines is 1. The Hall–Kier alpha value is -3.31. The van der Waals surface area contributed by atoms with Crippen molar-refractivity contribution in [1.82, 2.24) is 14.3 Å². The zero-order valence-electron chi connectivity index (χ0n) is 17.2. The molecule has 0 atom stereocenters. The highest BCUT2D eigenvalue weighted by molar-refractivity contribution is 7.90. The molecule has 2 N–H and O–H groups in total. The molecule has 1 aliphatic heterocycles. The summed E-state index contributed by atoms with van der Waals surface area (Å²) in [5, 5.41) is 10.2. The SMILES string of the molecule is COc1ccc(OC)c(S(=O)(=O)n2cc(N3CCNCC3)c3ncccc32)c1.O=CO. The molecule has 3 aromatic rings. The zero-order valence-corrected chi connectivity index (χ0v) is 18.0. The topological polar surface area (TPSA) is 123 Å². The van der Waals surface area contributed by atoms with Gasteiger partial charge in [0.15, 0.2) is 0 Å². The number of hydrogen-bond acceptors (Lipinski definition) is 8. The third kappa shape index (κ3) is 4.42. The highest BCUT2D eigenvalue weighted by Crippen LogP contribution is 2.35. The maximum absolute atomic E-state index is 13.6. The van der Waals surface area contributed by atoms with Crippen molar-refractivity contribution in [3.63, 3.8) is 0 Å². The van der Waals surface area contributed by atoms with Crippen molar-refractivity contribution < 1.29 is 27.8 Å². The van der Waals surface area contributed by atoms with Crippen LogP contribution < -0.4 is 19.7 Å². The number of pyridine rings is 1. The number of ether oxygens (including phenoxy) is 2. The minimum atomic E-state index is -3.93. The molecule has 0 amide bonds. The van der Waals surface area contributed by atoms with Crippen LogP contribution in [-0.2, 0) is 14.8 Å². The Morgan fingerprint density at radius 2 is 1.87 bits per heavy atom. The first kappa shape index (κ1) is 22.4. The maximum Gasteiger partial charge on any atom is 0.290 e. The van der Waals surface area contributed by atoms with Gasteiger partial charge in [0, 0.05) is 44.6 Å². The third-order valence-corrected chi connectivity index (χ3v) is 6.57. The molecule has 3 heterocycles.